The van der Waals surface area contributed by atoms with E-state index in [2.05, 4.69) is 22.5 Å². The van der Waals surface area contributed by atoms with Crippen molar-refractivity contribution < 1.29 is 9.53 Å². The van der Waals surface area contributed by atoms with Crippen molar-refractivity contribution in [2.45, 2.75) is 38.6 Å². The largest absolute Gasteiger partial charge is 0.378 e. The molecule has 2 N–H and O–H groups in total. The third kappa shape index (κ3) is 5.77. The van der Waals surface area contributed by atoms with E-state index < -0.39 is 0 Å². The molecule has 2 fully saturated rings. The summed E-state index contributed by atoms with van der Waals surface area (Å²) in [4.78, 5) is 14.3. The lowest BCUT2D eigenvalue weighted by Gasteiger charge is -2.30. The summed E-state index contributed by atoms with van der Waals surface area (Å²) in [6, 6.07) is 0.187. The Morgan fingerprint density at radius 2 is 2.20 bits per heavy atom. The fraction of sp³-hybridized carbons (Fsp3) is 0.933. The maximum atomic E-state index is 11.8. The number of nitrogens with zero attached hydrogens (tertiary/aromatic N) is 1. The van der Waals surface area contributed by atoms with Gasteiger partial charge in [-0.05, 0) is 44.8 Å². The fourth-order valence-corrected chi connectivity index (χ4v) is 2.86. The molecule has 20 heavy (non-hydrogen) atoms. The van der Waals surface area contributed by atoms with E-state index in [1.165, 1.54) is 25.9 Å². The van der Waals surface area contributed by atoms with E-state index in [-0.39, 0.29) is 11.9 Å². The molecule has 2 saturated heterocycles. The first-order chi connectivity index (χ1) is 9.74. The summed E-state index contributed by atoms with van der Waals surface area (Å²) in [6.45, 7) is 8.94. The molecule has 0 saturated carbocycles. The number of carbonyl (C=O) groups excluding carboxylic acids is 1. The molecule has 2 aliphatic rings. The standard InChI is InChI=1S/C15H29N3O2/c1-13-3-8-18(9-4-13)7-2-5-17-15(19)11-14-12-20-10-6-16-14/h13-14,16H,2-12H2,1H3,(H,17,19). The predicted octanol–water partition coefficient (Wildman–Crippen LogP) is 0.603. The number of rotatable bonds is 6. The quantitative estimate of drug-likeness (QED) is 0.701. The van der Waals surface area contributed by atoms with Gasteiger partial charge in [-0.15, -0.1) is 0 Å². The maximum Gasteiger partial charge on any atom is 0.221 e. The second-order valence-electron chi connectivity index (χ2n) is 6.16. The van der Waals surface area contributed by atoms with E-state index in [4.69, 9.17) is 4.74 Å². The predicted molar refractivity (Wildman–Crippen MR) is 79.7 cm³/mol. The van der Waals surface area contributed by atoms with Gasteiger partial charge in [0, 0.05) is 25.6 Å². The third-order valence-corrected chi connectivity index (χ3v) is 4.28. The molecule has 1 amide bonds. The van der Waals surface area contributed by atoms with Crippen molar-refractivity contribution in [3.63, 3.8) is 0 Å². The van der Waals surface area contributed by atoms with Crippen molar-refractivity contribution in [2.75, 3.05) is 45.9 Å². The molecule has 0 aliphatic carbocycles. The Bertz CT molecular complexity index is 285. The van der Waals surface area contributed by atoms with Gasteiger partial charge in [-0.3, -0.25) is 4.79 Å². The molecule has 1 unspecified atom stereocenters. The SMILES string of the molecule is CC1CCN(CCCNC(=O)CC2COCCN2)CC1. The summed E-state index contributed by atoms with van der Waals surface area (Å²) < 4.78 is 5.35. The summed E-state index contributed by atoms with van der Waals surface area (Å²) in [5.41, 5.74) is 0. The number of ether oxygens (including phenoxy) is 1. The zero-order valence-electron chi connectivity index (χ0n) is 12.7. The number of hydrogen-bond acceptors (Lipinski definition) is 4. The van der Waals surface area contributed by atoms with Crippen LogP contribution in [-0.4, -0.2) is 62.8 Å². The molecular weight excluding hydrogens is 254 g/mol. The van der Waals surface area contributed by atoms with Gasteiger partial charge in [-0.1, -0.05) is 6.92 Å². The topological polar surface area (TPSA) is 53.6 Å². The van der Waals surface area contributed by atoms with Crippen molar-refractivity contribution >= 4 is 5.91 Å². The van der Waals surface area contributed by atoms with Gasteiger partial charge < -0.3 is 20.3 Å². The highest BCUT2D eigenvalue weighted by Gasteiger charge is 2.17. The van der Waals surface area contributed by atoms with Crippen LogP contribution in [0.2, 0.25) is 0 Å². The average Bonchev–Trinajstić information content (AvgIpc) is 2.46. The summed E-state index contributed by atoms with van der Waals surface area (Å²) >= 11 is 0. The first kappa shape index (κ1) is 15.7. The molecule has 0 aromatic heterocycles. The highest BCUT2D eigenvalue weighted by molar-refractivity contribution is 5.76. The van der Waals surface area contributed by atoms with E-state index in [1.807, 2.05) is 0 Å². The van der Waals surface area contributed by atoms with Crippen molar-refractivity contribution in [1.29, 1.82) is 0 Å². The van der Waals surface area contributed by atoms with Gasteiger partial charge >= 0.3 is 0 Å². The minimum atomic E-state index is 0.139. The number of morpholine rings is 1. The monoisotopic (exact) mass is 283 g/mol. The molecule has 5 heteroatoms. The minimum Gasteiger partial charge on any atom is -0.378 e. The highest BCUT2D eigenvalue weighted by Crippen LogP contribution is 2.15. The molecule has 2 heterocycles. The van der Waals surface area contributed by atoms with Gasteiger partial charge in [-0.2, -0.15) is 0 Å². The number of amides is 1. The van der Waals surface area contributed by atoms with E-state index in [9.17, 15) is 4.79 Å². The Morgan fingerprint density at radius 1 is 1.40 bits per heavy atom. The van der Waals surface area contributed by atoms with Crippen LogP contribution in [0.3, 0.4) is 0 Å². The number of hydrogen-bond donors (Lipinski definition) is 2. The number of likely N-dealkylation sites (tertiary alicyclic amines) is 1. The van der Waals surface area contributed by atoms with Gasteiger partial charge in [0.25, 0.3) is 0 Å². The zero-order valence-corrected chi connectivity index (χ0v) is 12.7. The summed E-state index contributed by atoms with van der Waals surface area (Å²) in [7, 11) is 0. The Balaban J connectivity index is 1.48. The second kappa shape index (κ2) is 8.60. The van der Waals surface area contributed by atoms with Crippen LogP contribution in [0, 0.1) is 5.92 Å². The molecule has 2 aliphatic heterocycles. The second-order valence-corrected chi connectivity index (χ2v) is 6.16. The molecule has 0 spiro atoms. The third-order valence-electron chi connectivity index (χ3n) is 4.28. The van der Waals surface area contributed by atoms with Crippen LogP contribution in [-0.2, 0) is 9.53 Å². The fourth-order valence-electron chi connectivity index (χ4n) is 2.86. The van der Waals surface area contributed by atoms with Crippen LogP contribution in [0.1, 0.15) is 32.6 Å². The molecule has 0 bridgehead atoms. The lowest BCUT2D eigenvalue weighted by atomic mass is 9.99. The van der Waals surface area contributed by atoms with E-state index >= 15 is 0 Å². The van der Waals surface area contributed by atoms with Crippen LogP contribution < -0.4 is 10.6 Å². The number of carbonyl (C=O) groups is 1. The van der Waals surface area contributed by atoms with Gasteiger partial charge in [0.1, 0.15) is 0 Å². The molecule has 5 nitrogen and oxygen atoms in total. The maximum absolute atomic E-state index is 11.8. The molecule has 2 rings (SSSR count). The normalized spacial score (nSPS) is 25.6. The minimum absolute atomic E-state index is 0.139. The van der Waals surface area contributed by atoms with Crippen LogP contribution in [0.25, 0.3) is 0 Å². The summed E-state index contributed by atoms with van der Waals surface area (Å²) in [5.74, 6) is 1.02. The van der Waals surface area contributed by atoms with Crippen LogP contribution in [0.5, 0.6) is 0 Å². The highest BCUT2D eigenvalue weighted by atomic mass is 16.5. The van der Waals surface area contributed by atoms with Crippen LogP contribution in [0.4, 0.5) is 0 Å². The van der Waals surface area contributed by atoms with Gasteiger partial charge in [0.15, 0.2) is 0 Å². The average molecular weight is 283 g/mol. The van der Waals surface area contributed by atoms with Crippen molar-refractivity contribution in [1.82, 2.24) is 15.5 Å². The Kier molecular flexibility index (Phi) is 6.76. The van der Waals surface area contributed by atoms with E-state index in [0.29, 0.717) is 13.0 Å². The van der Waals surface area contributed by atoms with Gasteiger partial charge in [0.2, 0.25) is 5.91 Å². The van der Waals surface area contributed by atoms with Gasteiger partial charge in [0.05, 0.1) is 13.2 Å². The molecule has 0 aromatic rings. The van der Waals surface area contributed by atoms with E-state index in [0.717, 1.165) is 38.6 Å². The summed E-state index contributed by atoms with van der Waals surface area (Å²) in [6.07, 6.45) is 4.22. The Labute approximate surface area is 122 Å². The first-order valence-electron chi connectivity index (χ1n) is 8.04. The number of nitrogens with one attached hydrogen (secondary N) is 2. The van der Waals surface area contributed by atoms with Crippen LogP contribution >= 0.6 is 0 Å². The lowest BCUT2D eigenvalue weighted by Crippen LogP contribution is -2.44. The zero-order chi connectivity index (χ0) is 14.2. The van der Waals surface area contributed by atoms with E-state index in [1.54, 1.807) is 0 Å². The van der Waals surface area contributed by atoms with Gasteiger partial charge in [-0.25, -0.2) is 0 Å². The molecule has 0 aromatic carbocycles. The lowest BCUT2D eigenvalue weighted by molar-refractivity contribution is -0.122. The molecule has 1 atom stereocenters. The Morgan fingerprint density at radius 3 is 2.90 bits per heavy atom. The molecule has 116 valence electrons. The molecule has 0 radical (unpaired) electrons. The first-order valence-corrected chi connectivity index (χ1v) is 8.04. The Hall–Kier alpha value is -0.650. The van der Waals surface area contributed by atoms with Crippen LogP contribution in [0.15, 0.2) is 0 Å². The smallest absolute Gasteiger partial charge is 0.221 e. The van der Waals surface area contributed by atoms with Crippen molar-refractivity contribution in [3.8, 4) is 0 Å². The molecular formula is C15H29N3O2. The summed E-state index contributed by atoms with van der Waals surface area (Å²) in [5, 5.41) is 6.32. The van der Waals surface area contributed by atoms with Crippen molar-refractivity contribution in [2.24, 2.45) is 5.92 Å². The number of piperidine rings is 1. The van der Waals surface area contributed by atoms with Crippen molar-refractivity contribution in [3.05, 3.63) is 0 Å².